The Bertz CT molecular complexity index is 272. The predicted octanol–water partition coefficient (Wildman–Crippen LogP) is 2.10. The van der Waals surface area contributed by atoms with E-state index in [1.807, 2.05) is 0 Å². The number of piperidine rings is 3. The van der Waals surface area contributed by atoms with Crippen LogP contribution in [0.25, 0.3) is 0 Å². The van der Waals surface area contributed by atoms with E-state index in [0.717, 1.165) is 24.0 Å². The second-order valence-corrected chi connectivity index (χ2v) is 6.42. The van der Waals surface area contributed by atoms with Crippen molar-refractivity contribution in [2.75, 3.05) is 19.6 Å². The number of nitrogens with zero attached hydrogens (tertiary/aromatic N) is 2. The molecule has 0 unspecified atom stereocenters. The summed E-state index contributed by atoms with van der Waals surface area (Å²) < 4.78 is 0. The molecule has 4 aliphatic heterocycles. The van der Waals surface area contributed by atoms with Crippen LogP contribution in [0, 0.1) is 5.92 Å². The van der Waals surface area contributed by atoms with E-state index in [1.165, 1.54) is 64.6 Å². The van der Waals surface area contributed by atoms with Crippen LogP contribution in [0.4, 0.5) is 0 Å². The van der Waals surface area contributed by atoms with Gasteiger partial charge >= 0.3 is 0 Å². The van der Waals surface area contributed by atoms with Crippen LogP contribution in [0.5, 0.6) is 0 Å². The second-order valence-electron chi connectivity index (χ2n) is 6.42. The standard InChI is InChI=1S/C14H24N2/c1-3-7-15-10-11-9-14(13(15)6-1)16-8-4-2-5-12(11)16/h11-14H,1-10H2/t11-,12+,13-,14+/m0/s1. The molecule has 2 heteroatoms. The smallest absolute Gasteiger partial charge is 0.0258 e. The van der Waals surface area contributed by atoms with Crippen molar-refractivity contribution in [3.05, 3.63) is 0 Å². The molecule has 0 aromatic carbocycles. The summed E-state index contributed by atoms with van der Waals surface area (Å²) in [6.07, 6.45) is 10.4. The van der Waals surface area contributed by atoms with Gasteiger partial charge < -0.3 is 0 Å². The molecule has 90 valence electrons. The van der Waals surface area contributed by atoms with Gasteiger partial charge in [0.2, 0.25) is 0 Å². The van der Waals surface area contributed by atoms with E-state index in [1.54, 1.807) is 0 Å². The van der Waals surface area contributed by atoms with Gasteiger partial charge in [-0.2, -0.15) is 0 Å². The summed E-state index contributed by atoms with van der Waals surface area (Å²) in [6, 6.07) is 2.86. The van der Waals surface area contributed by atoms with Gasteiger partial charge in [-0.3, -0.25) is 9.80 Å². The molecule has 0 amide bonds. The van der Waals surface area contributed by atoms with Crippen LogP contribution < -0.4 is 0 Å². The Morgan fingerprint density at radius 3 is 2.50 bits per heavy atom. The maximum Gasteiger partial charge on any atom is 0.0258 e. The molecule has 16 heavy (non-hydrogen) atoms. The minimum absolute atomic E-state index is 0.938. The first-order valence-corrected chi connectivity index (χ1v) is 7.43. The minimum Gasteiger partial charge on any atom is -0.298 e. The minimum atomic E-state index is 0.938. The fourth-order valence-corrected chi connectivity index (χ4v) is 5.06. The fraction of sp³-hybridized carbons (Fsp3) is 1.00. The Kier molecular flexibility index (Phi) is 2.29. The van der Waals surface area contributed by atoms with Crippen molar-refractivity contribution in [3.8, 4) is 0 Å². The van der Waals surface area contributed by atoms with E-state index in [9.17, 15) is 0 Å². The van der Waals surface area contributed by atoms with Crippen molar-refractivity contribution in [2.24, 2.45) is 5.92 Å². The first-order chi connectivity index (χ1) is 7.93. The van der Waals surface area contributed by atoms with Gasteiger partial charge in [0.25, 0.3) is 0 Å². The first kappa shape index (κ1) is 9.90. The monoisotopic (exact) mass is 220 g/mol. The van der Waals surface area contributed by atoms with Gasteiger partial charge in [-0.05, 0) is 51.1 Å². The molecule has 4 saturated heterocycles. The van der Waals surface area contributed by atoms with Crippen molar-refractivity contribution in [1.29, 1.82) is 0 Å². The maximum atomic E-state index is 2.92. The summed E-state index contributed by atoms with van der Waals surface area (Å²) in [7, 11) is 0. The molecule has 4 rings (SSSR count). The number of hydrogen-bond donors (Lipinski definition) is 0. The van der Waals surface area contributed by atoms with E-state index in [-0.39, 0.29) is 0 Å². The van der Waals surface area contributed by atoms with Crippen LogP contribution in [-0.4, -0.2) is 47.6 Å². The molecule has 0 aromatic rings. The van der Waals surface area contributed by atoms with Crippen molar-refractivity contribution in [1.82, 2.24) is 9.80 Å². The topological polar surface area (TPSA) is 6.48 Å². The Morgan fingerprint density at radius 2 is 1.56 bits per heavy atom. The summed E-state index contributed by atoms with van der Waals surface area (Å²) in [5.74, 6) is 1.03. The third kappa shape index (κ3) is 1.32. The van der Waals surface area contributed by atoms with E-state index in [4.69, 9.17) is 0 Å². The van der Waals surface area contributed by atoms with Crippen molar-refractivity contribution >= 4 is 0 Å². The number of rotatable bonds is 0. The zero-order chi connectivity index (χ0) is 10.5. The largest absolute Gasteiger partial charge is 0.298 e. The van der Waals surface area contributed by atoms with Crippen molar-refractivity contribution in [2.45, 2.75) is 63.1 Å². The molecule has 0 saturated carbocycles. The zero-order valence-electron chi connectivity index (χ0n) is 10.3. The molecule has 2 nitrogen and oxygen atoms in total. The highest BCUT2D eigenvalue weighted by molar-refractivity contribution is 5.06. The van der Waals surface area contributed by atoms with Gasteiger partial charge in [0.1, 0.15) is 0 Å². The second kappa shape index (κ2) is 3.71. The van der Waals surface area contributed by atoms with E-state index in [0.29, 0.717) is 0 Å². The summed E-state index contributed by atoms with van der Waals surface area (Å²) >= 11 is 0. The summed E-state index contributed by atoms with van der Waals surface area (Å²) in [4.78, 5) is 5.77. The molecule has 0 spiro atoms. The lowest BCUT2D eigenvalue weighted by atomic mass is 9.85. The van der Waals surface area contributed by atoms with Crippen LogP contribution >= 0.6 is 0 Å². The molecule has 0 N–H and O–H groups in total. The van der Waals surface area contributed by atoms with Crippen LogP contribution in [0.3, 0.4) is 0 Å². The Labute approximate surface area is 99.0 Å². The fourth-order valence-electron chi connectivity index (χ4n) is 5.06. The van der Waals surface area contributed by atoms with E-state index >= 15 is 0 Å². The van der Waals surface area contributed by atoms with Crippen LogP contribution in [-0.2, 0) is 0 Å². The summed E-state index contributed by atoms with van der Waals surface area (Å²) in [5.41, 5.74) is 0. The molecule has 4 aliphatic rings. The molecule has 0 aromatic heterocycles. The quantitative estimate of drug-likeness (QED) is 0.617. The highest BCUT2D eigenvalue weighted by Gasteiger charge is 2.50. The van der Waals surface area contributed by atoms with Crippen molar-refractivity contribution < 1.29 is 0 Å². The maximum absolute atomic E-state index is 2.92. The van der Waals surface area contributed by atoms with Crippen LogP contribution in [0.1, 0.15) is 44.9 Å². The molecule has 0 radical (unpaired) electrons. The van der Waals surface area contributed by atoms with Crippen LogP contribution in [0.15, 0.2) is 0 Å². The molecule has 2 bridgehead atoms. The highest BCUT2D eigenvalue weighted by Crippen LogP contribution is 2.44. The third-order valence-corrected chi connectivity index (χ3v) is 5.68. The normalized spacial score (nSPS) is 48.8. The van der Waals surface area contributed by atoms with Crippen molar-refractivity contribution in [3.63, 3.8) is 0 Å². The molecule has 4 heterocycles. The van der Waals surface area contributed by atoms with Gasteiger partial charge in [-0.25, -0.2) is 0 Å². The van der Waals surface area contributed by atoms with Gasteiger partial charge in [-0.15, -0.1) is 0 Å². The lowest BCUT2D eigenvalue weighted by Gasteiger charge is -2.44. The van der Waals surface area contributed by atoms with Gasteiger partial charge in [0.15, 0.2) is 0 Å². The van der Waals surface area contributed by atoms with Gasteiger partial charge in [-0.1, -0.05) is 12.8 Å². The summed E-state index contributed by atoms with van der Waals surface area (Å²) in [6.45, 7) is 4.25. The molecular weight excluding hydrogens is 196 g/mol. The molecule has 4 atom stereocenters. The Hall–Kier alpha value is -0.0800. The van der Waals surface area contributed by atoms with E-state index in [2.05, 4.69) is 9.80 Å². The third-order valence-electron chi connectivity index (χ3n) is 5.68. The molecular formula is C14H24N2. The summed E-state index contributed by atoms with van der Waals surface area (Å²) in [5, 5.41) is 0. The lowest BCUT2D eigenvalue weighted by Crippen LogP contribution is -2.53. The van der Waals surface area contributed by atoms with Gasteiger partial charge in [0.05, 0.1) is 0 Å². The first-order valence-electron chi connectivity index (χ1n) is 7.43. The average molecular weight is 220 g/mol. The zero-order valence-corrected chi connectivity index (χ0v) is 10.3. The molecule has 4 fully saturated rings. The average Bonchev–Trinajstić information content (AvgIpc) is 2.65. The highest BCUT2D eigenvalue weighted by atomic mass is 15.3. The SMILES string of the molecule is C1CCN2[C@H](C1)[C@H]1C[C@@H]2[C@@H]2CCCCN2C1. The van der Waals surface area contributed by atoms with E-state index < -0.39 is 0 Å². The number of hydrogen-bond acceptors (Lipinski definition) is 2. The molecule has 0 aliphatic carbocycles. The van der Waals surface area contributed by atoms with Gasteiger partial charge in [0, 0.05) is 24.7 Å². The lowest BCUT2D eigenvalue weighted by molar-refractivity contribution is 0.0531. The Balaban J connectivity index is 1.62. The number of fused-ring (bicyclic) bond motifs is 7. The Morgan fingerprint density at radius 1 is 0.750 bits per heavy atom. The predicted molar refractivity (Wildman–Crippen MR) is 65.5 cm³/mol. The van der Waals surface area contributed by atoms with Crippen LogP contribution in [0.2, 0.25) is 0 Å².